The average Bonchev–Trinajstić information content (AvgIpc) is 1.65. The molecule has 0 aliphatic rings. The molecule has 0 aliphatic heterocycles. The van der Waals surface area contributed by atoms with Gasteiger partial charge >= 0.3 is 18.9 Å². The van der Waals surface area contributed by atoms with Gasteiger partial charge in [-0.15, -0.1) is 0 Å². The topological polar surface area (TPSA) is 58.3 Å². The molecule has 2 N–H and O–H groups in total. The van der Waals surface area contributed by atoms with Gasteiger partial charge in [-0.1, -0.05) is 0 Å². The second kappa shape index (κ2) is 6.02. The average molecular weight is 123 g/mol. The van der Waals surface area contributed by atoms with Crippen molar-refractivity contribution in [1.82, 2.24) is 0 Å². The van der Waals surface area contributed by atoms with Crippen molar-refractivity contribution >= 4 is 0 Å². The van der Waals surface area contributed by atoms with E-state index in [1.807, 2.05) is 0 Å². The molecule has 0 bridgehead atoms. The molecule has 0 heterocycles. The molecule has 0 fully saturated rings. The predicted molar refractivity (Wildman–Crippen MR) is 28.7 cm³/mol. The fraction of sp³-hybridized carbons (Fsp3) is 0.600. The Morgan fingerprint density at radius 1 is 1.78 bits per heavy atom. The van der Waals surface area contributed by atoms with Crippen molar-refractivity contribution < 1.29 is 28.7 Å². The summed E-state index contributed by atoms with van der Waals surface area (Å²) in [5.41, 5.74) is 5.21. The Balaban J connectivity index is 0. The van der Waals surface area contributed by atoms with E-state index in [9.17, 15) is 5.11 Å². The molecule has 0 rings (SSSR count). The van der Waals surface area contributed by atoms with Crippen LogP contribution in [0.15, 0.2) is 12.0 Å². The first-order valence-corrected chi connectivity index (χ1v) is 2.35. The van der Waals surface area contributed by atoms with Gasteiger partial charge in [-0.2, -0.15) is 0 Å². The van der Waals surface area contributed by atoms with Crippen molar-refractivity contribution in [2.75, 3.05) is 7.11 Å². The third-order valence-electron chi connectivity index (χ3n) is 0.600. The van der Waals surface area contributed by atoms with Gasteiger partial charge in [0.25, 0.3) is 0 Å². The van der Waals surface area contributed by atoms with Gasteiger partial charge in [-0.3, -0.25) is 0 Å². The van der Waals surface area contributed by atoms with E-state index >= 15 is 0 Å². The zero-order valence-corrected chi connectivity index (χ0v) is 6.05. The molecular weight excluding hydrogens is 113 g/mol. The van der Waals surface area contributed by atoms with E-state index < -0.39 is 0 Å². The van der Waals surface area contributed by atoms with Crippen molar-refractivity contribution in [3.63, 3.8) is 0 Å². The number of hydrogen-bond donors (Lipinski definition) is 1. The summed E-state index contributed by atoms with van der Waals surface area (Å²) in [5.74, 6) is -0.375. The van der Waals surface area contributed by atoms with E-state index in [2.05, 4.69) is 4.74 Å². The van der Waals surface area contributed by atoms with Gasteiger partial charge in [0, 0.05) is 12.0 Å². The maximum absolute atomic E-state index is 10.3. The molecule has 48 valence electrons. The zero-order valence-electron chi connectivity index (χ0n) is 6.05. The summed E-state index contributed by atoms with van der Waals surface area (Å²) in [4.78, 5) is 0. The molecule has 9 heavy (non-hydrogen) atoms. The fourth-order valence-electron chi connectivity index (χ4n) is 0.283. The zero-order chi connectivity index (χ0) is 6.57. The first kappa shape index (κ1) is 11.7. The van der Waals surface area contributed by atoms with Crippen LogP contribution in [-0.4, -0.2) is 13.2 Å². The first-order valence-electron chi connectivity index (χ1n) is 2.35. The predicted octanol–water partition coefficient (Wildman–Crippen LogP) is -3.81. The third-order valence-corrected chi connectivity index (χ3v) is 0.600. The van der Waals surface area contributed by atoms with E-state index in [4.69, 9.17) is 5.73 Å². The molecule has 0 aliphatic carbocycles. The van der Waals surface area contributed by atoms with Crippen LogP contribution in [-0.2, 0) is 4.74 Å². The summed E-state index contributed by atoms with van der Waals surface area (Å²) < 4.78 is 4.29. The van der Waals surface area contributed by atoms with Crippen LogP contribution >= 0.6 is 0 Å². The molecule has 0 aromatic carbocycles. The van der Waals surface area contributed by atoms with Crippen molar-refractivity contribution in [1.29, 1.82) is 0 Å². The Morgan fingerprint density at radius 3 is 2.33 bits per heavy atom. The Bertz CT molecular complexity index is 93.0. The van der Waals surface area contributed by atoms with Gasteiger partial charge in [0.2, 0.25) is 0 Å². The summed E-state index contributed by atoms with van der Waals surface area (Å²) >= 11 is 0. The van der Waals surface area contributed by atoms with Gasteiger partial charge in [-0.05, 0) is 20.1 Å². The van der Waals surface area contributed by atoms with Crippen molar-refractivity contribution in [2.45, 2.75) is 13.0 Å². The molecule has 0 saturated carbocycles. The maximum Gasteiger partial charge on any atom is 1.00 e. The quantitative estimate of drug-likeness (QED) is 0.302. The molecule has 0 aromatic rings. The van der Waals surface area contributed by atoms with Crippen LogP contribution in [0.5, 0.6) is 0 Å². The molecule has 0 radical (unpaired) electrons. The van der Waals surface area contributed by atoms with Crippen molar-refractivity contribution in [2.24, 2.45) is 5.73 Å². The molecule has 0 amide bonds. The monoisotopic (exact) mass is 123 g/mol. The number of methoxy groups -OCH3 is 1. The number of rotatable bonds is 2. The van der Waals surface area contributed by atoms with Crippen molar-refractivity contribution in [3.8, 4) is 0 Å². The molecule has 4 heteroatoms. The maximum atomic E-state index is 10.3. The summed E-state index contributed by atoms with van der Waals surface area (Å²) in [6.07, 6.45) is 1.31. The van der Waals surface area contributed by atoms with Gasteiger partial charge in [0.1, 0.15) is 0 Å². The summed E-state index contributed by atoms with van der Waals surface area (Å²) in [6, 6.07) is -0.220. The van der Waals surface area contributed by atoms with Crippen LogP contribution in [0.2, 0.25) is 0 Å². The number of nitrogens with two attached hydrogens (primary N) is 1. The summed E-state index contributed by atoms with van der Waals surface area (Å²) in [7, 11) is 1.32. The number of ether oxygens (including phenoxy) is 1. The molecule has 1 unspecified atom stereocenters. The van der Waals surface area contributed by atoms with E-state index in [0.717, 1.165) is 0 Å². The molecule has 0 aromatic heterocycles. The minimum absolute atomic E-state index is 0. The Kier molecular flexibility index (Phi) is 7.81. The van der Waals surface area contributed by atoms with E-state index in [1.165, 1.54) is 13.2 Å². The van der Waals surface area contributed by atoms with E-state index in [-0.39, 0.29) is 30.8 Å². The largest absolute Gasteiger partial charge is 1.00 e. The second-order valence-electron chi connectivity index (χ2n) is 1.55. The van der Waals surface area contributed by atoms with Gasteiger partial charge in [0.05, 0.1) is 0 Å². The Labute approximate surface area is 67.1 Å². The number of hydrogen-bond acceptors (Lipinski definition) is 3. The summed E-state index contributed by atoms with van der Waals surface area (Å²) in [5, 5.41) is 10.3. The van der Waals surface area contributed by atoms with Gasteiger partial charge in [-0.25, -0.2) is 0 Å². The van der Waals surface area contributed by atoms with Crippen LogP contribution in [0.3, 0.4) is 0 Å². The van der Waals surface area contributed by atoms with Crippen LogP contribution in [0.4, 0.5) is 0 Å². The van der Waals surface area contributed by atoms with Crippen LogP contribution in [0.1, 0.15) is 6.92 Å². The third kappa shape index (κ3) is 7.90. The fourth-order valence-corrected chi connectivity index (χ4v) is 0.283. The SMILES string of the molecule is CO/C([O-])=C/C(C)N.[Li+]. The van der Waals surface area contributed by atoms with Crippen molar-refractivity contribution in [3.05, 3.63) is 12.0 Å². The van der Waals surface area contributed by atoms with Gasteiger partial charge < -0.3 is 15.6 Å². The van der Waals surface area contributed by atoms with E-state index in [1.54, 1.807) is 6.92 Å². The Hall–Kier alpha value is -0.103. The molecule has 3 nitrogen and oxygen atoms in total. The first-order chi connectivity index (χ1) is 3.66. The minimum Gasteiger partial charge on any atom is -0.617 e. The van der Waals surface area contributed by atoms with Crippen LogP contribution < -0.4 is 29.7 Å². The van der Waals surface area contributed by atoms with Crippen LogP contribution in [0.25, 0.3) is 0 Å². The van der Waals surface area contributed by atoms with E-state index in [0.29, 0.717) is 0 Å². The smallest absolute Gasteiger partial charge is 0.617 e. The van der Waals surface area contributed by atoms with Gasteiger partial charge in [0.15, 0.2) is 0 Å². The molecule has 1 atom stereocenters. The second-order valence-corrected chi connectivity index (χ2v) is 1.55. The Morgan fingerprint density at radius 2 is 2.22 bits per heavy atom. The summed E-state index contributed by atoms with van der Waals surface area (Å²) in [6.45, 7) is 1.71. The molecule has 0 spiro atoms. The normalized spacial score (nSPS) is 13.9. The minimum atomic E-state index is -0.375. The van der Waals surface area contributed by atoms with Crippen LogP contribution in [0, 0.1) is 0 Å². The molecular formula is C5H10LiNO2. The standard InChI is InChI=1S/C5H11NO2.Li/c1-4(6)3-5(7)8-2;/h3-4,7H,6H2,1-2H3;/q;+1/p-1/b5-3+;. The molecule has 0 saturated heterocycles.